The molecular formula is C23H23N5O2. The van der Waals surface area contributed by atoms with Crippen molar-refractivity contribution in [1.29, 1.82) is 0 Å². The summed E-state index contributed by atoms with van der Waals surface area (Å²) in [6.07, 6.45) is 3.66. The Morgan fingerprint density at radius 1 is 1.17 bits per heavy atom. The molecule has 0 aliphatic carbocycles. The smallest absolute Gasteiger partial charge is 0.298 e. The van der Waals surface area contributed by atoms with Gasteiger partial charge in [0.05, 0.1) is 29.2 Å². The van der Waals surface area contributed by atoms with Crippen molar-refractivity contribution >= 4 is 23.0 Å². The highest BCUT2D eigenvalue weighted by Gasteiger charge is 2.29. The Kier molecular flexibility index (Phi) is 4.71. The van der Waals surface area contributed by atoms with Gasteiger partial charge in [0.15, 0.2) is 5.58 Å². The lowest BCUT2D eigenvalue weighted by molar-refractivity contribution is 0.0950. The molecule has 1 saturated heterocycles. The second kappa shape index (κ2) is 7.67. The Balaban J connectivity index is 1.29. The van der Waals surface area contributed by atoms with E-state index in [0.717, 1.165) is 41.9 Å². The maximum Gasteiger partial charge on any atom is 0.298 e. The summed E-state index contributed by atoms with van der Waals surface area (Å²) in [4.78, 5) is 19.6. The van der Waals surface area contributed by atoms with Crippen LogP contribution in [0.2, 0.25) is 0 Å². The van der Waals surface area contributed by atoms with Crippen molar-refractivity contribution in [2.24, 2.45) is 0 Å². The number of para-hydroxylation sites is 3. The molecule has 5 rings (SSSR count). The Labute approximate surface area is 174 Å². The normalized spacial score (nSPS) is 16.3. The van der Waals surface area contributed by atoms with Crippen LogP contribution in [0.5, 0.6) is 0 Å². The first kappa shape index (κ1) is 18.4. The molecular weight excluding hydrogens is 378 g/mol. The van der Waals surface area contributed by atoms with Gasteiger partial charge in [-0.3, -0.25) is 4.79 Å². The molecule has 1 fully saturated rings. The fourth-order valence-electron chi connectivity index (χ4n) is 4.05. The van der Waals surface area contributed by atoms with E-state index in [0.29, 0.717) is 18.1 Å². The summed E-state index contributed by atoms with van der Waals surface area (Å²) in [6.45, 7) is 3.32. The van der Waals surface area contributed by atoms with Gasteiger partial charge in [-0.1, -0.05) is 30.3 Å². The highest BCUT2D eigenvalue weighted by Crippen LogP contribution is 2.28. The van der Waals surface area contributed by atoms with Crippen LogP contribution in [0.25, 0.3) is 16.8 Å². The van der Waals surface area contributed by atoms with Crippen LogP contribution in [-0.2, 0) is 0 Å². The Hall–Kier alpha value is -3.61. The zero-order chi connectivity index (χ0) is 20.5. The van der Waals surface area contributed by atoms with Crippen LogP contribution in [-0.4, -0.2) is 39.8 Å². The first-order chi connectivity index (χ1) is 14.7. The summed E-state index contributed by atoms with van der Waals surface area (Å²) in [6, 6.07) is 18.4. The summed E-state index contributed by atoms with van der Waals surface area (Å²) in [7, 11) is 0. The molecule has 4 aromatic rings. The van der Waals surface area contributed by atoms with Crippen molar-refractivity contribution in [3.05, 3.63) is 72.1 Å². The van der Waals surface area contributed by atoms with E-state index in [1.54, 1.807) is 10.9 Å². The number of nitrogens with one attached hydrogen (secondary N) is 1. The maximum atomic E-state index is 12.8. The number of oxazole rings is 1. The zero-order valence-electron chi connectivity index (χ0n) is 16.8. The van der Waals surface area contributed by atoms with Crippen LogP contribution in [0.1, 0.15) is 28.9 Å². The quantitative estimate of drug-likeness (QED) is 0.552. The van der Waals surface area contributed by atoms with E-state index >= 15 is 0 Å². The molecule has 7 nitrogen and oxygen atoms in total. The minimum atomic E-state index is -0.112. The average Bonchev–Trinajstić information content (AvgIpc) is 3.50. The van der Waals surface area contributed by atoms with E-state index in [-0.39, 0.29) is 11.9 Å². The summed E-state index contributed by atoms with van der Waals surface area (Å²) >= 11 is 0. The van der Waals surface area contributed by atoms with Crippen molar-refractivity contribution in [2.45, 2.75) is 25.8 Å². The molecule has 3 heterocycles. The predicted octanol–water partition coefficient (Wildman–Crippen LogP) is 3.72. The highest BCUT2D eigenvalue weighted by molar-refractivity contribution is 5.95. The lowest BCUT2D eigenvalue weighted by Crippen LogP contribution is -2.40. The number of fused-ring (bicyclic) bond motifs is 1. The van der Waals surface area contributed by atoms with Gasteiger partial charge in [-0.2, -0.15) is 10.1 Å². The SMILES string of the molecule is Cc1c(C(=O)NC[C@H]2CCCN2c2nc3ccccc3o2)cnn1-c1ccccc1. The topological polar surface area (TPSA) is 76.2 Å². The summed E-state index contributed by atoms with van der Waals surface area (Å²) in [5, 5.41) is 7.47. The Bertz CT molecular complexity index is 1150. The lowest BCUT2D eigenvalue weighted by Gasteiger charge is -2.23. The average molecular weight is 401 g/mol. The van der Waals surface area contributed by atoms with Gasteiger partial charge in [-0.15, -0.1) is 0 Å². The largest absolute Gasteiger partial charge is 0.423 e. The second-order valence-electron chi connectivity index (χ2n) is 7.55. The maximum absolute atomic E-state index is 12.8. The number of rotatable bonds is 5. The second-order valence-corrected chi connectivity index (χ2v) is 7.55. The van der Waals surface area contributed by atoms with Crippen LogP contribution >= 0.6 is 0 Å². The Morgan fingerprint density at radius 2 is 1.97 bits per heavy atom. The van der Waals surface area contributed by atoms with Crippen molar-refractivity contribution in [1.82, 2.24) is 20.1 Å². The highest BCUT2D eigenvalue weighted by atomic mass is 16.4. The van der Waals surface area contributed by atoms with Gasteiger partial charge < -0.3 is 14.6 Å². The number of benzene rings is 2. The van der Waals surface area contributed by atoms with Gasteiger partial charge in [-0.05, 0) is 44.0 Å². The third kappa shape index (κ3) is 3.32. The van der Waals surface area contributed by atoms with Gasteiger partial charge in [0.2, 0.25) is 0 Å². The van der Waals surface area contributed by atoms with Crippen LogP contribution in [0.4, 0.5) is 6.01 Å². The summed E-state index contributed by atoms with van der Waals surface area (Å²) in [5.74, 6) is -0.112. The minimum absolute atomic E-state index is 0.112. The van der Waals surface area contributed by atoms with Gasteiger partial charge in [-0.25, -0.2) is 4.68 Å². The van der Waals surface area contributed by atoms with Crippen LogP contribution in [0, 0.1) is 6.92 Å². The number of amides is 1. The van der Waals surface area contributed by atoms with Crippen molar-refractivity contribution in [2.75, 3.05) is 18.0 Å². The first-order valence-corrected chi connectivity index (χ1v) is 10.2. The van der Waals surface area contributed by atoms with Crippen LogP contribution in [0.3, 0.4) is 0 Å². The third-order valence-electron chi connectivity index (χ3n) is 5.66. The predicted molar refractivity (Wildman–Crippen MR) is 115 cm³/mol. The number of carbonyl (C=O) groups excluding carboxylic acids is 1. The molecule has 0 unspecified atom stereocenters. The number of carbonyl (C=O) groups is 1. The molecule has 2 aromatic heterocycles. The van der Waals surface area contributed by atoms with E-state index in [1.807, 2.05) is 61.5 Å². The molecule has 1 aliphatic heterocycles. The zero-order valence-corrected chi connectivity index (χ0v) is 16.8. The third-order valence-corrected chi connectivity index (χ3v) is 5.66. The number of nitrogens with zero attached hydrogens (tertiary/aromatic N) is 4. The van der Waals surface area contributed by atoms with Gasteiger partial charge in [0.25, 0.3) is 11.9 Å². The van der Waals surface area contributed by atoms with Gasteiger partial charge in [0, 0.05) is 13.1 Å². The summed E-state index contributed by atoms with van der Waals surface area (Å²) < 4.78 is 7.72. The molecule has 7 heteroatoms. The van der Waals surface area contributed by atoms with Gasteiger partial charge >= 0.3 is 0 Å². The van der Waals surface area contributed by atoms with Crippen LogP contribution in [0.15, 0.2) is 65.2 Å². The minimum Gasteiger partial charge on any atom is -0.423 e. The molecule has 1 N–H and O–H groups in total. The molecule has 30 heavy (non-hydrogen) atoms. The number of anilines is 1. The fourth-order valence-corrected chi connectivity index (χ4v) is 4.05. The van der Waals surface area contributed by atoms with E-state index in [2.05, 4.69) is 20.3 Å². The molecule has 152 valence electrons. The molecule has 0 radical (unpaired) electrons. The van der Waals surface area contributed by atoms with E-state index in [9.17, 15) is 4.79 Å². The Morgan fingerprint density at radius 3 is 2.80 bits per heavy atom. The fraction of sp³-hybridized carbons (Fsp3) is 0.261. The number of hydrogen-bond donors (Lipinski definition) is 1. The monoisotopic (exact) mass is 401 g/mol. The van der Waals surface area contributed by atoms with Gasteiger partial charge in [0.1, 0.15) is 5.52 Å². The van der Waals surface area contributed by atoms with Crippen LogP contribution < -0.4 is 10.2 Å². The summed E-state index contributed by atoms with van der Waals surface area (Å²) in [5.41, 5.74) is 3.98. The molecule has 1 aliphatic rings. The number of aromatic nitrogens is 3. The van der Waals surface area contributed by atoms with Crippen molar-refractivity contribution in [3.8, 4) is 5.69 Å². The number of hydrogen-bond acceptors (Lipinski definition) is 5. The van der Waals surface area contributed by atoms with Crippen molar-refractivity contribution < 1.29 is 9.21 Å². The van der Waals surface area contributed by atoms with E-state index in [4.69, 9.17) is 4.42 Å². The molecule has 2 aromatic carbocycles. The first-order valence-electron chi connectivity index (χ1n) is 10.2. The molecule has 1 amide bonds. The standard InChI is InChI=1S/C23H23N5O2/c1-16-19(15-25-28(16)17-8-3-2-4-9-17)22(29)24-14-18-10-7-13-27(18)23-26-20-11-5-6-12-21(20)30-23/h2-6,8-9,11-12,15,18H,7,10,13-14H2,1H3,(H,24,29)/t18-/m1/s1. The molecule has 0 saturated carbocycles. The van der Waals surface area contributed by atoms with Crippen molar-refractivity contribution in [3.63, 3.8) is 0 Å². The molecule has 0 bridgehead atoms. The van der Waals surface area contributed by atoms with E-state index < -0.39 is 0 Å². The molecule has 1 atom stereocenters. The molecule has 0 spiro atoms. The lowest BCUT2D eigenvalue weighted by atomic mass is 10.2. The van der Waals surface area contributed by atoms with E-state index in [1.165, 1.54) is 0 Å².